The van der Waals surface area contributed by atoms with Gasteiger partial charge in [0.1, 0.15) is 0 Å². The molecule has 0 fully saturated rings. The van der Waals surface area contributed by atoms with Crippen molar-refractivity contribution in [2.75, 3.05) is 4.90 Å². The summed E-state index contributed by atoms with van der Waals surface area (Å²) in [5, 5.41) is 17.8. The summed E-state index contributed by atoms with van der Waals surface area (Å²) in [7, 11) is 0. The number of fused-ring (bicyclic) bond motifs is 7. The Bertz CT molecular complexity index is 3560. The van der Waals surface area contributed by atoms with Gasteiger partial charge in [0.2, 0.25) is 0 Å². The second kappa shape index (κ2) is 13.0. The van der Waals surface area contributed by atoms with Gasteiger partial charge < -0.3 is 4.90 Å². The smallest absolute Gasteiger partial charge is 0.162 e. The standard InChI is InChI=1S/C51H32N4S/c52-50(34-12-2-1-3-13-34)54-51(53-31-32-26-27-40-39-18-6-7-25-47(39)56-48(40)28-32)42-22-10-20-38-37(42)19-11-23-44(38)55-45-24-9-17-33-16-8-21-41(49(33)45)43-29-35-14-4-5-15-36(35)30-46(43)55/h1-31,52H/i1D,2D,3D,12D,13D. The zero-order chi connectivity index (χ0) is 41.5. The summed E-state index contributed by atoms with van der Waals surface area (Å²) < 4.78 is 44.3. The van der Waals surface area contributed by atoms with Crippen LogP contribution in [0.1, 0.15) is 23.5 Å². The third-order valence-corrected chi connectivity index (χ3v) is 11.7. The van der Waals surface area contributed by atoms with Crippen molar-refractivity contribution in [1.29, 1.82) is 5.41 Å². The average Bonchev–Trinajstić information content (AvgIpc) is 3.66. The zero-order valence-corrected chi connectivity index (χ0v) is 30.6. The Morgan fingerprint density at radius 2 is 1.27 bits per heavy atom. The van der Waals surface area contributed by atoms with E-state index in [1.54, 1.807) is 17.6 Å². The minimum atomic E-state index is -0.530. The van der Waals surface area contributed by atoms with Crippen molar-refractivity contribution >= 4 is 98.8 Å². The Hall–Kier alpha value is -7.21. The number of hydrogen-bond donors (Lipinski definition) is 1. The number of rotatable bonds is 4. The number of thiophene rings is 1. The second-order valence-electron chi connectivity index (χ2n) is 13.8. The van der Waals surface area contributed by atoms with Gasteiger partial charge in [-0.2, -0.15) is 0 Å². The molecule has 0 saturated carbocycles. The van der Waals surface area contributed by atoms with Gasteiger partial charge in [-0.05, 0) is 69.1 Å². The molecule has 1 aliphatic heterocycles. The first-order valence-electron chi connectivity index (χ1n) is 20.8. The number of nitrogens with one attached hydrogen (secondary N) is 1. The van der Waals surface area contributed by atoms with Crippen LogP contribution in [-0.2, 0) is 0 Å². The quantitative estimate of drug-likeness (QED) is 0.142. The summed E-state index contributed by atoms with van der Waals surface area (Å²) in [5.74, 6) is -0.328. The lowest BCUT2D eigenvalue weighted by atomic mass is 9.88. The Labute approximate surface area is 334 Å². The molecule has 0 unspecified atom stereocenters. The van der Waals surface area contributed by atoms with E-state index < -0.39 is 36.0 Å². The first kappa shape index (κ1) is 27.4. The lowest BCUT2D eigenvalue weighted by molar-refractivity contribution is 1.30. The van der Waals surface area contributed by atoms with Gasteiger partial charge in [-0.15, -0.1) is 11.3 Å². The fraction of sp³-hybridized carbons (Fsp3) is 0. The molecule has 5 heteroatoms. The van der Waals surface area contributed by atoms with Crippen molar-refractivity contribution in [1.82, 2.24) is 0 Å². The third-order valence-electron chi connectivity index (χ3n) is 10.6. The maximum atomic E-state index is 9.16. The first-order valence-corrected chi connectivity index (χ1v) is 19.1. The fourth-order valence-electron chi connectivity index (χ4n) is 8.08. The average molecular weight is 738 g/mol. The van der Waals surface area contributed by atoms with Crippen LogP contribution in [0.3, 0.4) is 0 Å². The molecule has 11 rings (SSSR count). The van der Waals surface area contributed by atoms with E-state index in [4.69, 9.17) is 22.2 Å². The van der Waals surface area contributed by atoms with Gasteiger partial charge in [-0.3, -0.25) is 5.41 Å². The van der Waals surface area contributed by atoms with Crippen LogP contribution in [0.25, 0.3) is 63.6 Å². The minimum Gasteiger partial charge on any atom is -0.309 e. The van der Waals surface area contributed by atoms with E-state index in [2.05, 4.69) is 114 Å². The van der Waals surface area contributed by atoms with Crippen molar-refractivity contribution in [3.05, 3.63) is 199 Å². The highest BCUT2D eigenvalue weighted by Gasteiger charge is 2.28. The van der Waals surface area contributed by atoms with E-state index in [0.717, 1.165) is 70.6 Å². The monoisotopic (exact) mass is 737 g/mol. The van der Waals surface area contributed by atoms with Crippen LogP contribution in [0.2, 0.25) is 0 Å². The van der Waals surface area contributed by atoms with Crippen LogP contribution in [-0.4, -0.2) is 17.9 Å². The largest absolute Gasteiger partial charge is 0.309 e. The molecule has 10 aromatic rings. The summed E-state index contributed by atoms with van der Waals surface area (Å²) in [6, 6.07) is 49.8. The van der Waals surface area contributed by atoms with E-state index >= 15 is 0 Å². The third kappa shape index (κ3) is 5.24. The molecule has 4 nitrogen and oxygen atoms in total. The van der Waals surface area contributed by atoms with Crippen LogP contribution in [0.5, 0.6) is 0 Å². The zero-order valence-electron chi connectivity index (χ0n) is 34.8. The lowest BCUT2D eigenvalue weighted by Crippen LogP contribution is -2.15. The van der Waals surface area contributed by atoms with Crippen LogP contribution in [0.4, 0.5) is 17.1 Å². The van der Waals surface area contributed by atoms with Gasteiger partial charge in [0.05, 0.1) is 23.9 Å². The summed E-state index contributed by atoms with van der Waals surface area (Å²) in [6.07, 6.45) is 1.71. The summed E-state index contributed by atoms with van der Waals surface area (Å²) >= 11 is 1.70. The summed E-state index contributed by atoms with van der Waals surface area (Å²) in [4.78, 5) is 12.0. The summed E-state index contributed by atoms with van der Waals surface area (Å²) in [6.45, 7) is 0. The fourth-order valence-corrected chi connectivity index (χ4v) is 9.24. The SMILES string of the molecule is [2H]c1c([2H])c([2H])c(C(=N)N=C(N=Cc2ccc3c(c2)sc2ccccc23)c2cccc3c(N4c5cc6ccccc6cc5-c5cccc6cccc4c56)cccc23)c([2H])c1[2H]. The number of aliphatic imine (C=N–C) groups is 2. The molecule has 262 valence electrons. The van der Waals surface area contributed by atoms with E-state index in [0.29, 0.717) is 5.56 Å². The van der Waals surface area contributed by atoms with Gasteiger partial charge in [0.15, 0.2) is 11.7 Å². The molecule has 0 saturated heterocycles. The van der Waals surface area contributed by atoms with E-state index in [9.17, 15) is 0 Å². The Balaban J connectivity index is 1.12. The second-order valence-corrected chi connectivity index (χ2v) is 14.9. The molecule has 0 atom stereocenters. The van der Waals surface area contributed by atoms with Crippen LogP contribution >= 0.6 is 11.3 Å². The van der Waals surface area contributed by atoms with E-state index in [-0.39, 0.29) is 11.4 Å². The molecule has 9 aromatic carbocycles. The van der Waals surface area contributed by atoms with Gasteiger partial charge in [0.25, 0.3) is 0 Å². The highest BCUT2D eigenvalue weighted by atomic mass is 32.1. The van der Waals surface area contributed by atoms with Crippen molar-refractivity contribution in [2.45, 2.75) is 0 Å². The van der Waals surface area contributed by atoms with Crippen LogP contribution < -0.4 is 4.90 Å². The van der Waals surface area contributed by atoms with E-state index in [1.165, 1.54) is 15.6 Å². The summed E-state index contributed by atoms with van der Waals surface area (Å²) in [5.41, 5.74) is 6.50. The predicted molar refractivity (Wildman–Crippen MR) is 239 cm³/mol. The minimum absolute atomic E-state index is 0.161. The molecule has 0 spiro atoms. The molecule has 0 aliphatic carbocycles. The molecular formula is C51H32N4S. The van der Waals surface area contributed by atoms with Crippen molar-refractivity contribution < 1.29 is 6.85 Å². The first-order chi connectivity index (χ1) is 29.7. The lowest BCUT2D eigenvalue weighted by Gasteiger charge is -2.34. The molecule has 56 heavy (non-hydrogen) atoms. The number of nitrogens with zero attached hydrogens (tertiary/aromatic N) is 3. The van der Waals surface area contributed by atoms with E-state index in [1.807, 2.05) is 42.5 Å². The Kier molecular flexibility index (Phi) is 6.35. The maximum Gasteiger partial charge on any atom is 0.162 e. The van der Waals surface area contributed by atoms with Gasteiger partial charge in [-0.1, -0.05) is 145 Å². The molecule has 2 heterocycles. The van der Waals surface area contributed by atoms with Gasteiger partial charge in [0, 0.05) is 53.8 Å². The molecule has 0 radical (unpaired) electrons. The van der Waals surface area contributed by atoms with Crippen molar-refractivity contribution in [2.24, 2.45) is 9.98 Å². The van der Waals surface area contributed by atoms with Crippen molar-refractivity contribution in [3.63, 3.8) is 0 Å². The predicted octanol–water partition coefficient (Wildman–Crippen LogP) is 13.9. The number of hydrogen-bond acceptors (Lipinski definition) is 3. The molecule has 1 aliphatic rings. The topological polar surface area (TPSA) is 51.8 Å². The van der Waals surface area contributed by atoms with Gasteiger partial charge >= 0.3 is 0 Å². The molecule has 1 N–H and O–H groups in total. The Morgan fingerprint density at radius 1 is 0.571 bits per heavy atom. The highest BCUT2D eigenvalue weighted by molar-refractivity contribution is 7.25. The molecular weight excluding hydrogens is 701 g/mol. The highest BCUT2D eigenvalue weighted by Crippen LogP contribution is 2.53. The van der Waals surface area contributed by atoms with Gasteiger partial charge in [-0.25, -0.2) is 9.98 Å². The van der Waals surface area contributed by atoms with Crippen LogP contribution in [0.15, 0.2) is 192 Å². The normalized spacial score (nSPS) is 14.0. The number of anilines is 3. The number of amidine groups is 2. The molecule has 0 bridgehead atoms. The molecule has 1 aromatic heterocycles. The number of benzene rings is 9. The van der Waals surface area contributed by atoms with Crippen LogP contribution in [0, 0.1) is 5.41 Å². The van der Waals surface area contributed by atoms with Crippen molar-refractivity contribution in [3.8, 4) is 11.1 Å². The molecule has 0 amide bonds. The Morgan fingerprint density at radius 3 is 2.16 bits per heavy atom. The maximum absolute atomic E-state index is 9.16.